The van der Waals surface area contributed by atoms with E-state index in [1.807, 2.05) is 45.3 Å². The maximum Gasteiger partial charge on any atom is 0.261 e. The maximum absolute atomic E-state index is 16.1. The van der Waals surface area contributed by atoms with Gasteiger partial charge in [0.25, 0.3) is 23.6 Å². The van der Waals surface area contributed by atoms with Crippen molar-refractivity contribution in [3.05, 3.63) is 177 Å². The molecular formula is C108H120N2O4S4. The molecule has 0 saturated carbocycles. The van der Waals surface area contributed by atoms with Crippen LogP contribution in [0, 0.1) is 21.7 Å². The van der Waals surface area contributed by atoms with Crippen LogP contribution in [0.5, 0.6) is 0 Å². The fraction of sp³-hybridized carbons (Fsp3) is 0.426. The third kappa shape index (κ3) is 14.8. The fourth-order valence-electron chi connectivity index (χ4n) is 20.3. The van der Waals surface area contributed by atoms with Gasteiger partial charge in [-0.1, -0.05) is 261 Å². The van der Waals surface area contributed by atoms with Crippen LogP contribution in [0.15, 0.2) is 132 Å². The summed E-state index contributed by atoms with van der Waals surface area (Å²) in [5.74, 6) is -0.366. The van der Waals surface area contributed by atoms with Crippen molar-refractivity contribution in [1.82, 2.24) is 9.80 Å². The number of thiophene rings is 4. The molecule has 0 N–H and O–H groups in total. The van der Waals surface area contributed by atoms with Crippen molar-refractivity contribution in [1.29, 1.82) is 0 Å². The third-order valence-electron chi connectivity index (χ3n) is 26.5. The van der Waals surface area contributed by atoms with Crippen LogP contribution in [0.1, 0.15) is 303 Å². The second-order valence-electron chi connectivity index (χ2n) is 40.0. The molecule has 2 aliphatic heterocycles. The number of carbonyl (C=O) groups excluding carboxylic acids is 4. The van der Waals surface area contributed by atoms with E-state index in [9.17, 15) is 0 Å². The second kappa shape index (κ2) is 32.2. The number of hydrogen-bond donors (Lipinski definition) is 0. The summed E-state index contributed by atoms with van der Waals surface area (Å²) in [4.78, 5) is 72.9. The largest absolute Gasteiger partial charge is 0.271 e. The van der Waals surface area contributed by atoms with Crippen LogP contribution in [0.3, 0.4) is 0 Å². The number of fused-ring (bicyclic) bond motifs is 6. The van der Waals surface area contributed by atoms with Crippen molar-refractivity contribution in [2.24, 2.45) is 21.7 Å². The number of hydrogen-bond acceptors (Lipinski definition) is 8. The molecule has 610 valence electrons. The molecule has 0 spiro atoms. The van der Waals surface area contributed by atoms with Gasteiger partial charge >= 0.3 is 0 Å². The lowest BCUT2D eigenvalue weighted by Gasteiger charge is -2.37. The average molecular weight is 1640 g/mol. The average Bonchev–Trinajstić information content (AvgIpc) is 0.927. The van der Waals surface area contributed by atoms with E-state index in [1.165, 1.54) is 83.5 Å². The van der Waals surface area contributed by atoms with Gasteiger partial charge < -0.3 is 0 Å². The van der Waals surface area contributed by atoms with Gasteiger partial charge in [0.15, 0.2) is 0 Å². The lowest BCUT2D eigenvalue weighted by molar-refractivity contribution is 0.0500. The topological polar surface area (TPSA) is 74.8 Å². The molecule has 0 unspecified atom stereocenters. The number of carbonyl (C=O) groups is 4. The second-order valence-corrected chi connectivity index (χ2v) is 44.0. The van der Waals surface area contributed by atoms with E-state index >= 15 is 19.2 Å². The number of rotatable bonds is 30. The van der Waals surface area contributed by atoms with Crippen LogP contribution in [0.2, 0.25) is 0 Å². The van der Waals surface area contributed by atoms with Gasteiger partial charge in [0, 0.05) is 73.7 Å². The summed E-state index contributed by atoms with van der Waals surface area (Å²) in [5, 5.41) is 24.9. The summed E-state index contributed by atoms with van der Waals surface area (Å²) in [6.45, 7) is 36.7. The standard InChI is InChI=1S/C108H120N2O4S4/c1-17-21-25-33-67(34-26-22-18-2)109-101(111)87-63(47-51-105(5,6)7)57-77-73-39-29-37-71-69(43-45-75(91(71)73)79-59-65(49-53-107(11,12)13)89(103(109)113)97(87)93(77)79)85-61-81-95(83-41-31-55-115-83)100-82(96(99(81)117-85)84-42-32-56-116-84)62-86(118-100)70-44-46-76-80-60-66(50-54-108(14,15)16)90-98-88(102(112)110(104(90)114)68(35-27-23-19-3)36-28-24-20-4)64(48-52-106(8,9)10)58-78(94(80)98)74-40-30-38-72(70)92(74)76/h29-32,37-46,55-62,67-68H,17-28,33-36,47-54H2,1-16H3. The molecule has 6 nitrogen and oxygen atoms in total. The van der Waals surface area contributed by atoms with Gasteiger partial charge in [0.2, 0.25) is 0 Å². The predicted molar refractivity (Wildman–Crippen MR) is 513 cm³/mol. The van der Waals surface area contributed by atoms with Gasteiger partial charge in [-0.05, 0) is 267 Å². The fourth-order valence-corrected chi connectivity index (χ4v) is 24.6. The molecule has 2 aliphatic rings. The first-order chi connectivity index (χ1) is 56.6. The summed E-state index contributed by atoms with van der Waals surface area (Å²) >= 11 is 7.47. The van der Waals surface area contributed by atoms with Crippen LogP contribution in [0.25, 0.3) is 148 Å². The van der Waals surface area contributed by atoms with E-state index in [0.717, 1.165) is 263 Å². The highest BCUT2D eigenvalue weighted by Crippen LogP contribution is 2.58. The molecule has 11 aromatic carbocycles. The lowest BCUT2D eigenvalue weighted by atomic mass is 9.77. The Morgan fingerprint density at radius 3 is 0.864 bits per heavy atom. The van der Waals surface area contributed by atoms with Crippen LogP contribution in [-0.4, -0.2) is 45.5 Å². The molecule has 4 amide bonds. The van der Waals surface area contributed by atoms with Crippen molar-refractivity contribution in [2.45, 2.75) is 277 Å². The van der Waals surface area contributed by atoms with E-state index in [-0.39, 0.29) is 57.4 Å². The Morgan fingerprint density at radius 1 is 0.288 bits per heavy atom. The number of imide groups is 2. The van der Waals surface area contributed by atoms with Gasteiger partial charge in [0.1, 0.15) is 0 Å². The molecule has 0 fully saturated rings. The molecule has 0 atom stereocenters. The number of unbranched alkanes of at least 4 members (excludes halogenated alkanes) is 8. The summed E-state index contributed by atoms with van der Waals surface area (Å²) in [7, 11) is 0. The van der Waals surface area contributed by atoms with Gasteiger partial charge in [-0.15, -0.1) is 45.3 Å². The molecule has 0 radical (unpaired) electrons. The van der Waals surface area contributed by atoms with Crippen molar-refractivity contribution in [2.75, 3.05) is 0 Å². The molecular weight excluding hydrogens is 1520 g/mol. The van der Waals surface area contributed by atoms with E-state index in [1.54, 1.807) is 9.80 Å². The van der Waals surface area contributed by atoms with E-state index in [2.05, 4.69) is 243 Å². The van der Waals surface area contributed by atoms with E-state index in [0.29, 0.717) is 0 Å². The number of aryl methyl sites for hydroxylation is 4. The first-order valence-corrected chi connectivity index (χ1v) is 48.3. The Labute approximate surface area is 715 Å². The lowest BCUT2D eigenvalue weighted by Crippen LogP contribution is -2.48. The number of nitrogens with zero attached hydrogens (tertiary/aromatic N) is 2. The monoisotopic (exact) mass is 1640 g/mol. The zero-order valence-corrected chi connectivity index (χ0v) is 76.3. The molecule has 0 saturated heterocycles. The summed E-state index contributed by atoms with van der Waals surface area (Å²) in [6, 6.07) is 46.8. The number of amides is 4. The van der Waals surface area contributed by atoms with Crippen LogP contribution < -0.4 is 0 Å². The van der Waals surface area contributed by atoms with Crippen molar-refractivity contribution >= 4 is 175 Å². The minimum Gasteiger partial charge on any atom is -0.271 e. The molecule has 6 heterocycles. The Kier molecular flexibility index (Phi) is 22.4. The molecule has 17 rings (SSSR count). The molecule has 10 heteroatoms. The van der Waals surface area contributed by atoms with Crippen molar-refractivity contribution in [3.63, 3.8) is 0 Å². The quantitative estimate of drug-likeness (QED) is 0.0195. The molecule has 0 bridgehead atoms. The zero-order chi connectivity index (χ0) is 82.8. The summed E-state index contributed by atoms with van der Waals surface area (Å²) in [6.07, 6.45) is 22.5. The number of benzene rings is 11. The normalized spacial score (nSPS) is 14.1. The highest BCUT2D eigenvalue weighted by atomic mass is 32.1. The third-order valence-corrected chi connectivity index (χ3v) is 30.6. The predicted octanol–water partition coefficient (Wildman–Crippen LogP) is 33.2. The Morgan fingerprint density at radius 2 is 0.585 bits per heavy atom. The first-order valence-electron chi connectivity index (χ1n) is 44.9. The van der Waals surface area contributed by atoms with Gasteiger partial charge in [0.05, 0.1) is 22.3 Å². The zero-order valence-electron chi connectivity index (χ0n) is 73.0. The smallest absolute Gasteiger partial charge is 0.261 e. The van der Waals surface area contributed by atoms with Crippen LogP contribution in [0.4, 0.5) is 0 Å². The highest BCUT2D eigenvalue weighted by Gasteiger charge is 2.44. The van der Waals surface area contributed by atoms with Crippen LogP contribution >= 0.6 is 45.3 Å². The van der Waals surface area contributed by atoms with Crippen LogP contribution in [-0.2, 0) is 25.7 Å². The Balaban J connectivity index is 0.862. The minimum atomic E-state index is -0.152. The van der Waals surface area contributed by atoms with Gasteiger partial charge in [-0.25, -0.2) is 0 Å². The first kappa shape index (κ1) is 82.0. The van der Waals surface area contributed by atoms with Crippen molar-refractivity contribution < 1.29 is 19.2 Å². The molecule has 4 aromatic heterocycles. The van der Waals surface area contributed by atoms with Gasteiger partial charge in [-0.3, -0.25) is 29.0 Å². The van der Waals surface area contributed by atoms with E-state index in [4.69, 9.17) is 0 Å². The SMILES string of the molecule is CCCCCC(CCCCC)N1C(=O)c2c(CCC(C)(C)C)cc3c4cccc5c(-c6cc7c(-c8cccs8)c8sc(-c9ccc%10c%11cc(CCC(C)(C)C)c%12c%13c(c(CCC(C)(C)C)cc(c%14cccc9c%14%10)c%13%11)C(=O)N(C(CCCCC)CCCCC)C%12=O)cc8c(-c8cccs8)c7s6)ccc(c6cc(CCC(C)(C)C)c(c2c36)C1=O)c54. The summed E-state index contributed by atoms with van der Waals surface area (Å²) < 4.78 is 2.55. The molecule has 0 aliphatic carbocycles. The molecule has 118 heavy (non-hydrogen) atoms. The van der Waals surface area contributed by atoms with Crippen molar-refractivity contribution in [3.8, 4) is 41.8 Å². The van der Waals surface area contributed by atoms with Gasteiger partial charge in [-0.2, -0.15) is 0 Å². The Hall–Kier alpha value is -8.38. The highest BCUT2D eigenvalue weighted by molar-refractivity contribution is 7.26. The minimum absolute atomic E-state index is 0.00955. The maximum atomic E-state index is 16.1. The summed E-state index contributed by atoms with van der Waals surface area (Å²) in [5.41, 5.74) is 12.3. The Bertz CT molecular complexity index is 5760. The molecule has 15 aromatic rings. The van der Waals surface area contributed by atoms with E-state index < -0.39 is 0 Å².